The molecule has 0 radical (unpaired) electrons. The number of aliphatic hydroxyl groups is 1. The molecule has 108 valence electrons. The van der Waals surface area contributed by atoms with E-state index in [9.17, 15) is 9.90 Å². The van der Waals surface area contributed by atoms with E-state index in [4.69, 9.17) is 11.5 Å². The average Bonchev–Trinajstić information content (AvgIpc) is 2.46. The lowest BCUT2D eigenvalue weighted by atomic mass is 10.1. The van der Waals surface area contributed by atoms with Crippen molar-refractivity contribution < 1.29 is 9.90 Å². The molecule has 0 heterocycles. The molecule has 1 aromatic rings. The maximum Gasteiger partial charge on any atom is 0.224 e. The summed E-state index contributed by atoms with van der Waals surface area (Å²) < 4.78 is 0. The summed E-state index contributed by atoms with van der Waals surface area (Å²) in [4.78, 5) is 11.7. The van der Waals surface area contributed by atoms with Crippen molar-refractivity contribution in [2.45, 2.75) is 25.9 Å². The van der Waals surface area contributed by atoms with Crippen molar-refractivity contribution in [3.8, 4) is 11.8 Å². The van der Waals surface area contributed by atoms with E-state index >= 15 is 0 Å². The van der Waals surface area contributed by atoms with E-state index in [0.717, 1.165) is 18.4 Å². The Kier molecular flexibility index (Phi) is 7.36. The molecule has 20 heavy (non-hydrogen) atoms. The number of benzene rings is 1. The Labute approximate surface area is 119 Å². The number of rotatable bonds is 6. The summed E-state index contributed by atoms with van der Waals surface area (Å²) in [6.45, 7) is 0.729. The van der Waals surface area contributed by atoms with Gasteiger partial charge in [-0.2, -0.15) is 0 Å². The van der Waals surface area contributed by atoms with Gasteiger partial charge < -0.3 is 21.9 Å². The zero-order valence-electron chi connectivity index (χ0n) is 11.5. The third kappa shape index (κ3) is 5.41. The highest BCUT2D eigenvalue weighted by atomic mass is 16.3. The Bertz CT molecular complexity index is 504. The molecule has 5 heteroatoms. The van der Waals surface area contributed by atoms with Gasteiger partial charge in [-0.15, -0.1) is 0 Å². The molecule has 0 unspecified atom stereocenters. The number of hydrogen-bond donors (Lipinski definition) is 4. The Morgan fingerprint density at radius 1 is 1.30 bits per heavy atom. The first-order valence-electron chi connectivity index (χ1n) is 6.64. The van der Waals surface area contributed by atoms with Crippen LogP contribution in [0, 0.1) is 11.8 Å². The van der Waals surface area contributed by atoms with Gasteiger partial charge >= 0.3 is 0 Å². The molecule has 1 amide bonds. The van der Waals surface area contributed by atoms with Gasteiger partial charge in [-0.3, -0.25) is 4.79 Å². The first-order chi connectivity index (χ1) is 9.71. The minimum atomic E-state index is -0.133. The molecule has 6 N–H and O–H groups in total. The van der Waals surface area contributed by atoms with E-state index in [2.05, 4.69) is 17.2 Å². The molecule has 1 rings (SSSR count). The van der Waals surface area contributed by atoms with Gasteiger partial charge in [-0.1, -0.05) is 11.8 Å². The predicted molar refractivity (Wildman–Crippen MR) is 79.8 cm³/mol. The van der Waals surface area contributed by atoms with Crippen LogP contribution in [-0.2, 0) is 11.4 Å². The highest BCUT2D eigenvalue weighted by Crippen LogP contribution is 2.16. The smallest absolute Gasteiger partial charge is 0.224 e. The van der Waals surface area contributed by atoms with Crippen LogP contribution in [0.3, 0.4) is 0 Å². The number of nitrogens with two attached hydrogens (primary N) is 2. The predicted octanol–water partition coefficient (Wildman–Crippen LogP) is 0.557. The first-order valence-corrected chi connectivity index (χ1v) is 6.64. The first kappa shape index (κ1) is 16.2. The summed E-state index contributed by atoms with van der Waals surface area (Å²) in [6.07, 6.45) is 2.05. The van der Waals surface area contributed by atoms with Crippen LogP contribution >= 0.6 is 0 Å². The Morgan fingerprint density at radius 3 is 2.75 bits per heavy atom. The van der Waals surface area contributed by atoms with E-state index in [-0.39, 0.29) is 19.1 Å². The summed E-state index contributed by atoms with van der Waals surface area (Å²) in [5, 5.41) is 12.1. The molecule has 0 aliphatic carbocycles. The van der Waals surface area contributed by atoms with Crippen molar-refractivity contribution in [2.75, 3.05) is 18.4 Å². The molecule has 0 atom stereocenters. The summed E-state index contributed by atoms with van der Waals surface area (Å²) in [5.41, 5.74) is 12.8. The maximum absolute atomic E-state index is 11.7. The van der Waals surface area contributed by atoms with Crippen molar-refractivity contribution in [2.24, 2.45) is 11.5 Å². The van der Waals surface area contributed by atoms with Crippen LogP contribution in [0.25, 0.3) is 0 Å². The molecule has 0 fully saturated rings. The van der Waals surface area contributed by atoms with Crippen LogP contribution in [0.5, 0.6) is 0 Å². The van der Waals surface area contributed by atoms with Crippen LogP contribution in [-0.4, -0.2) is 24.1 Å². The van der Waals surface area contributed by atoms with Crippen LogP contribution in [0.4, 0.5) is 5.69 Å². The molecule has 5 nitrogen and oxygen atoms in total. The third-order valence-corrected chi connectivity index (χ3v) is 2.74. The van der Waals surface area contributed by atoms with E-state index < -0.39 is 0 Å². The van der Waals surface area contributed by atoms with Gasteiger partial charge in [0, 0.05) is 17.7 Å². The fourth-order valence-electron chi connectivity index (χ4n) is 1.72. The number of hydrogen-bond acceptors (Lipinski definition) is 4. The standard InChI is InChI=1S/C15H21N3O2/c16-8-2-1-5-15(20)18-14-7-6-12(4-3-9-17)13(10-14)11-19/h6-7,10,19H,1-2,5,8-9,11,16-17H2,(H,18,20). The highest BCUT2D eigenvalue weighted by Gasteiger charge is 2.05. The van der Waals surface area contributed by atoms with E-state index in [1.165, 1.54) is 0 Å². The van der Waals surface area contributed by atoms with E-state index in [0.29, 0.717) is 24.2 Å². The number of aliphatic hydroxyl groups excluding tert-OH is 1. The van der Waals surface area contributed by atoms with Gasteiger partial charge in [0.15, 0.2) is 0 Å². The minimum absolute atomic E-state index is 0.0527. The summed E-state index contributed by atoms with van der Waals surface area (Å²) in [7, 11) is 0. The Balaban J connectivity index is 2.70. The Morgan fingerprint density at radius 2 is 2.10 bits per heavy atom. The molecule has 0 saturated heterocycles. The maximum atomic E-state index is 11.7. The van der Waals surface area contributed by atoms with Gasteiger partial charge in [-0.05, 0) is 43.1 Å². The molecule has 0 bridgehead atoms. The van der Waals surface area contributed by atoms with Gasteiger partial charge in [0.25, 0.3) is 0 Å². The van der Waals surface area contributed by atoms with E-state index in [1.807, 2.05) is 0 Å². The van der Waals surface area contributed by atoms with Crippen LogP contribution in [0.2, 0.25) is 0 Å². The number of carbonyl (C=O) groups excluding carboxylic acids is 1. The fraction of sp³-hybridized carbons (Fsp3) is 0.400. The van der Waals surface area contributed by atoms with Crippen LogP contribution in [0.15, 0.2) is 18.2 Å². The molecular weight excluding hydrogens is 254 g/mol. The molecule has 0 saturated carbocycles. The topological polar surface area (TPSA) is 101 Å². The third-order valence-electron chi connectivity index (χ3n) is 2.74. The lowest BCUT2D eigenvalue weighted by Gasteiger charge is -2.08. The summed E-state index contributed by atoms with van der Waals surface area (Å²) in [5.74, 6) is 5.57. The molecule has 0 spiro atoms. The van der Waals surface area contributed by atoms with Crippen LogP contribution < -0.4 is 16.8 Å². The van der Waals surface area contributed by atoms with Gasteiger partial charge in [0.2, 0.25) is 5.91 Å². The van der Waals surface area contributed by atoms with Gasteiger partial charge in [0.1, 0.15) is 0 Å². The number of anilines is 1. The molecule has 0 aliphatic rings. The number of carbonyl (C=O) groups is 1. The largest absolute Gasteiger partial charge is 0.392 e. The molecule has 0 aliphatic heterocycles. The zero-order valence-corrected chi connectivity index (χ0v) is 11.5. The Hall–Kier alpha value is -1.87. The molecule has 1 aromatic carbocycles. The number of amides is 1. The lowest BCUT2D eigenvalue weighted by molar-refractivity contribution is -0.116. The zero-order chi connectivity index (χ0) is 14.8. The van der Waals surface area contributed by atoms with Crippen molar-refractivity contribution in [1.29, 1.82) is 0 Å². The molecular formula is C15H21N3O2. The van der Waals surface area contributed by atoms with E-state index in [1.54, 1.807) is 18.2 Å². The van der Waals surface area contributed by atoms with Crippen LogP contribution in [0.1, 0.15) is 30.4 Å². The van der Waals surface area contributed by atoms with Crippen molar-refractivity contribution >= 4 is 11.6 Å². The second-order valence-corrected chi connectivity index (χ2v) is 4.33. The minimum Gasteiger partial charge on any atom is -0.392 e. The van der Waals surface area contributed by atoms with Gasteiger partial charge in [0.05, 0.1) is 13.2 Å². The summed E-state index contributed by atoms with van der Waals surface area (Å²) in [6, 6.07) is 5.26. The number of nitrogens with one attached hydrogen (secondary N) is 1. The fourth-order valence-corrected chi connectivity index (χ4v) is 1.72. The van der Waals surface area contributed by atoms with Crippen molar-refractivity contribution in [3.63, 3.8) is 0 Å². The van der Waals surface area contributed by atoms with Gasteiger partial charge in [-0.25, -0.2) is 0 Å². The highest BCUT2D eigenvalue weighted by molar-refractivity contribution is 5.90. The lowest BCUT2D eigenvalue weighted by Crippen LogP contribution is -2.12. The summed E-state index contributed by atoms with van der Waals surface area (Å²) >= 11 is 0. The monoisotopic (exact) mass is 275 g/mol. The number of unbranched alkanes of at least 4 members (excludes halogenated alkanes) is 1. The second kappa shape index (κ2) is 9.10. The quantitative estimate of drug-likeness (QED) is 0.450. The second-order valence-electron chi connectivity index (χ2n) is 4.33. The normalized spacial score (nSPS) is 9.75. The van der Waals surface area contributed by atoms with Crippen molar-refractivity contribution in [3.05, 3.63) is 29.3 Å². The van der Waals surface area contributed by atoms with Crippen molar-refractivity contribution in [1.82, 2.24) is 0 Å². The average molecular weight is 275 g/mol. The SMILES string of the molecule is NCC#Cc1ccc(NC(=O)CCCCN)cc1CO. The molecule has 0 aromatic heterocycles.